The third-order valence-corrected chi connectivity index (χ3v) is 3.95. The summed E-state index contributed by atoms with van der Waals surface area (Å²) in [5, 5.41) is 5.39. The SMILES string of the molecule is CCNc1nc(C(=O)N2CCCCC2)cc2ccccc12. The quantitative estimate of drug-likeness (QED) is 0.940. The largest absolute Gasteiger partial charge is 0.370 e. The summed E-state index contributed by atoms with van der Waals surface area (Å²) in [5.74, 6) is 0.857. The van der Waals surface area contributed by atoms with Gasteiger partial charge in [0.05, 0.1) is 0 Å². The molecule has 0 atom stereocenters. The number of hydrogen-bond donors (Lipinski definition) is 1. The van der Waals surface area contributed by atoms with Crippen LogP contribution >= 0.6 is 0 Å². The van der Waals surface area contributed by atoms with E-state index in [4.69, 9.17) is 0 Å². The Morgan fingerprint density at radius 3 is 2.76 bits per heavy atom. The first kappa shape index (κ1) is 13.9. The Balaban J connectivity index is 1.99. The minimum Gasteiger partial charge on any atom is -0.370 e. The molecule has 2 heterocycles. The number of benzene rings is 1. The Morgan fingerprint density at radius 2 is 2.00 bits per heavy atom. The first-order valence-corrected chi connectivity index (χ1v) is 7.72. The van der Waals surface area contributed by atoms with Gasteiger partial charge in [-0.2, -0.15) is 0 Å². The highest BCUT2D eigenvalue weighted by atomic mass is 16.2. The van der Waals surface area contributed by atoms with Gasteiger partial charge in [-0.05, 0) is 37.6 Å². The van der Waals surface area contributed by atoms with Gasteiger partial charge in [0.25, 0.3) is 5.91 Å². The number of aromatic nitrogens is 1. The summed E-state index contributed by atoms with van der Waals surface area (Å²) in [4.78, 5) is 19.1. The van der Waals surface area contributed by atoms with E-state index in [9.17, 15) is 4.79 Å². The van der Waals surface area contributed by atoms with Crippen molar-refractivity contribution in [3.63, 3.8) is 0 Å². The highest BCUT2D eigenvalue weighted by Gasteiger charge is 2.20. The van der Waals surface area contributed by atoms with Gasteiger partial charge in [0.2, 0.25) is 0 Å². The first-order chi connectivity index (χ1) is 10.3. The molecule has 0 saturated carbocycles. The summed E-state index contributed by atoms with van der Waals surface area (Å²) in [5.41, 5.74) is 0.548. The van der Waals surface area contributed by atoms with Crippen LogP contribution in [-0.4, -0.2) is 35.4 Å². The van der Waals surface area contributed by atoms with Crippen LogP contribution in [0.4, 0.5) is 5.82 Å². The van der Waals surface area contributed by atoms with Crippen LogP contribution in [0.3, 0.4) is 0 Å². The lowest BCUT2D eigenvalue weighted by Gasteiger charge is -2.26. The van der Waals surface area contributed by atoms with E-state index < -0.39 is 0 Å². The van der Waals surface area contributed by atoms with Gasteiger partial charge in [-0.3, -0.25) is 4.79 Å². The maximum atomic E-state index is 12.6. The molecule has 1 aromatic carbocycles. The number of amides is 1. The van der Waals surface area contributed by atoms with E-state index in [1.807, 2.05) is 42.2 Å². The average molecular weight is 283 g/mol. The smallest absolute Gasteiger partial charge is 0.272 e. The molecule has 1 saturated heterocycles. The summed E-state index contributed by atoms with van der Waals surface area (Å²) in [7, 11) is 0. The van der Waals surface area contributed by atoms with Crippen molar-refractivity contribution in [2.24, 2.45) is 0 Å². The van der Waals surface area contributed by atoms with Gasteiger partial charge in [-0.1, -0.05) is 24.3 Å². The topological polar surface area (TPSA) is 45.2 Å². The predicted molar refractivity (Wildman–Crippen MR) is 85.7 cm³/mol. The number of likely N-dealkylation sites (tertiary alicyclic amines) is 1. The van der Waals surface area contributed by atoms with Gasteiger partial charge in [-0.25, -0.2) is 4.98 Å². The molecule has 1 fully saturated rings. The van der Waals surface area contributed by atoms with Crippen LogP contribution < -0.4 is 5.32 Å². The van der Waals surface area contributed by atoms with Crippen molar-refractivity contribution in [1.82, 2.24) is 9.88 Å². The van der Waals surface area contributed by atoms with E-state index in [0.717, 1.165) is 49.1 Å². The minimum absolute atomic E-state index is 0.0552. The Bertz CT molecular complexity index is 648. The van der Waals surface area contributed by atoms with Crippen LogP contribution in [0.25, 0.3) is 10.8 Å². The van der Waals surface area contributed by atoms with Crippen LogP contribution in [0.1, 0.15) is 36.7 Å². The molecule has 1 amide bonds. The van der Waals surface area contributed by atoms with Gasteiger partial charge in [0, 0.05) is 25.0 Å². The molecule has 1 aromatic heterocycles. The van der Waals surface area contributed by atoms with E-state index >= 15 is 0 Å². The van der Waals surface area contributed by atoms with Crippen LogP contribution in [0.5, 0.6) is 0 Å². The summed E-state index contributed by atoms with van der Waals surface area (Å²) in [6.07, 6.45) is 3.41. The summed E-state index contributed by atoms with van der Waals surface area (Å²) >= 11 is 0. The molecular formula is C17H21N3O. The van der Waals surface area contributed by atoms with Crippen molar-refractivity contribution in [2.75, 3.05) is 25.0 Å². The highest BCUT2D eigenvalue weighted by molar-refractivity contribution is 6.00. The van der Waals surface area contributed by atoms with Crippen molar-refractivity contribution < 1.29 is 4.79 Å². The minimum atomic E-state index is 0.0552. The fraction of sp³-hybridized carbons (Fsp3) is 0.412. The van der Waals surface area contributed by atoms with Gasteiger partial charge < -0.3 is 10.2 Å². The molecule has 21 heavy (non-hydrogen) atoms. The second-order valence-corrected chi connectivity index (χ2v) is 5.46. The number of nitrogens with one attached hydrogen (secondary N) is 1. The lowest BCUT2D eigenvalue weighted by Crippen LogP contribution is -2.36. The van der Waals surface area contributed by atoms with Crippen molar-refractivity contribution in [3.8, 4) is 0 Å². The van der Waals surface area contributed by atoms with Crippen LogP contribution in [-0.2, 0) is 0 Å². The Hall–Kier alpha value is -2.10. The second-order valence-electron chi connectivity index (χ2n) is 5.46. The standard InChI is InChI=1S/C17H21N3O/c1-2-18-16-14-9-5-4-8-13(14)12-15(19-16)17(21)20-10-6-3-7-11-20/h4-5,8-9,12H,2-3,6-7,10-11H2,1H3,(H,18,19). The maximum absolute atomic E-state index is 12.6. The lowest BCUT2D eigenvalue weighted by molar-refractivity contribution is 0.0719. The van der Waals surface area contributed by atoms with Gasteiger partial charge in [-0.15, -0.1) is 0 Å². The average Bonchev–Trinajstić information content (AvgIpc) is 2.55. The third-order valence-electron chi connectivity index (χ3n) is 3.95. The second kappa shape index (κ2) is 6.12. The van der Waals surface area contributed by atoms with E-state index in [0.29, 0.717) is 5.69 Å². The van der Waals surface area contributed by atoms with Gasteiger partial charge in [0.1, 0.15) is 11.5 Å². The molecular weight excluding hydrogens is 262 g/mol. The Kier molecular flexibility index (Phi) is 4.04. The fourth-order valence-electron chi connectivity index (χ4n) is 2.87. The number of hydrogen-bond acceptors (Lipinski definition) is 3. The molecule has 0 aliphatic carbocycles. The molecule has 0 unspecified atom stereocenters. The molecule has 4 heteroatoms. The summed E-state index contributed by atoms with van der Waals surface area (Å²) in [6.45, 7) is 4.53. The van der Waals surface area contributed by atoms with Crippen molar-refractivity contribution >= 4 is 22.5 Å². The Labute approximate surface area is 125 Å². The van der Waals surface area contributed by atoms with Crippen LogP contribution in [0.15, 0.2) is 30.3 Å². The zero-order chi connectivity index (χ0) is 14.7. The van der Waals surface area contributed by atoms with E-state index in [1.165, 1.54) is 6.42 Å². The number of carbonyl (C=O) groups is 1. The zero-order valence-corrected chi connectivity index (χ0v) is 12.4. The number of rotatable bonds is 3. The molecule has 110 valence electrons. The van der Waals surface area contributed by atoms with Crippen molar-refractivity contribution in [1.29, 1.82) is 0 Å². The highest BCUT2D eigenvalue weighted by Crippen LogP contribution is 2.23. The molecule has 4 nitrogen and oxygen atoms in total. The van der Waals surface area contributed by atoms with E-state index in [-0.39, 0.29) is 5.91 Å². The molecule has 0 radical (unpaired) electrons. The van der Waals surface area contributed by atoms with Crippen molar-refractivity contribution in [3.05, 3.63) is 36.0 Å². The summed E-state index contributed by atoms with van der Waals surface area (Å²) < 4.78 is 0. The maximum Gasteiger partial charge on any atom is 0.272 e. The van der Waals surface area contributed by atoms with E-state index in [2.05, 4.69) is 10.3 Å². The fourth-order valence-corrected chi connectivity index (χ4v) is 2.87. The number of anilines is 1. The predicted octanol–water partition coefficient (Wildman–Crippen LogP) is 3.29. The Morgan fingerprint density at radius 1 is 1.24 bits per heavy atom. The third kappa shape index (κ3) is 2.84. The molecule has 3 rings (SSSR count). The van der Waals surface area contributed by atoms with Crippen LogP contribution in [0, 0.1) is 0 Å². The molecule has 1 aliphatic heterocycles. The monoisotopic (exact) mass is 283 g/mol. The number of carbonyl (C=O) groups excluding carboxylic acids is 1. The van der Waals surface area contributed by atoms with Crippen molar-refractivity contribution in [2.45, 2.75) is 26.2 Å². The molecule has 2 aromatic rings. The number of pyridine rings is 1. The molecule has 0 spiro atoms. The molecule has 0 bridgehead atoms. The molecule has 1 N–H and O–H groups in total. The zero-order valence-electron chi connectivity index (χ0n) is 12.4. The normalized spacial score (nSPS) is 15.2. The number of nitrogens with zero attached hydrogens (tertiary/aromatic N) is 2. The van der Waals surface area contributed by atoms with E-state index in [1.54, 1.807) is 0 Å². The number of piperidine rings is 1. The first-order valence-electron chi connectivity index (χ1n) is 7.72. The van der Waals surface area contributed by atoms with Gasteiger partial charge >= 0.3 is 0 Å². The lowest BCUT2D eigenvalue weighted by atomic mass is 10.1. The van der Waals surface area contributed by atoms with Crippen LogP contribution in [0.2, 0.25) is 0 Å². The molecule has 1 aliphatic rings. The number of fused-ring (bicyclic) bond motifs is 1. The summed E-state index contributed by atoms with van der Waals surface area (Å²) in [6, 6.07) is 9.97. The van der Waals surface area contributed by atoms with Gasteiger partial charge in [0.15, 0.2) is 0 Å².